The summed E-state index contributed by atoms with van der Waals surface area (Å²) in [6.07, 6.45) is 6.60. The highest BCUT2D eigenvalue weighted by Gasteiger charge is 2.41. The van der Waals surface area contributed by atoms with Gasteiger partial charge in [-0.3, -0.25) is 4.79 Å². The monoisotopic (exact) mass is 361 g/mol. The molecule has 3 atom stereocenters. The van der Waals surface area contributed by atoms with Crippen LogP contribution in [-0.4, -0.2) is 76.1 Å². The van der Waals surface area contributed by atoms with Crippen LogP contribution in [0.1, 0.15) is 28.9 Å². The zero-order chi connectivity index (χ0) is 17.4. The molecule has 25 heavy (non-hydrogen) atoms. The minimum atomic E-state index is 0.0853. The summed E-state index contributed by atoms with van der Waals surface area (Å²) in [5.74, 6) is 0.0853. The van der Waals surface area contributed by atoms with Gasteiger partial charge in [0.25, 0.3) is 5.91 Å². The van der Waals surface area contributed by atoms with Crippen molar-refractivity contribution >= 4 is 17.2 Å². The maximum Gasteiger partial charge on any atom is 0.266 e. The smallest absolute Gasteiger partial charge is 0.266 e. The first kappa shape index (κ1) is 16.7. The van der Waals surface area contributed by atoms with Crippen molar-refractivity contribution < 1.29 is 9.53 Å². The maximum atomic E-state index is 13.3. The largest absolute Gasteiger partial charge is 0.374 e. The van der Waals surface area contributed by atoms with Gasteiger partial charge in [-0.15, -0.1) is 16.4 Å². The lowest BCUT2D eigenvalue weighted by Gasteiger charge is -2.46. The Bertz CT molecular complexity index is 729. The number of carbonyl (C=O) groups excluding carboxylic acids is 1. The van der Waals surface area contributed by atoms with Crippen LogP contribution in [0.2, 0.25) is 0 Å². The van der Waals surface area contributed by atoms with Gasteiger partial charge in [-0.2, -0.15) is 0 Å². The molecule has 0 bridgehead atoms. The molecule has 1 amide bonds. The lowest BCUT2D eigenvalue weighted by Crippen LogP contribution is -2.57. The zero-order valence-electron chi connectivity index (χ0n) is 14.5. The van der Waals surface area contributed by atoms with E-state index in [1.165, 1.54) is 11.3 Å². The fourth-order valence-corrected chi connectivity index (χ4v) is 4.76. The van der Waals surface area contributed by atoms with E-state index in [1.54, 1.807) is 17.1 Å². The van der Waals surface area contributed by atoms with Gasteiger partial charge in [0.1, 0.15) is 4.88 Å². The second-order valence-electron chi connectivity index (χ2n) is 6.89. The van der Waals surface area contributed by atoms with Gasteiger partial charge < -0.3 is 14.5 Å². The molecule has 4 rings (SSSR count). The fourth-order valence-electron chi connectivity index (χ4n) is 3.93. The fraction of sp³-hybridized carbons (Fsp3) is 0.588. The van der Waals surface area contributed by atoms with Gasteiger partial charge >= 0.3 is 0 Å². The number of morpholine rings is 1. The maximum absolute atomic E-state index is 13.3. The first-order chi connectivity index (χ1) is 12.1. The second-order valence-corrected chi connectivity index (χ2v) is 7.80. The molecule has 0 radical (unpaired) electrons. The molecule has 0 N–H and O–H groups in total. The van der Waals surface area contributed by atoms with Crippen molar-refractivity contribution in [1.82, 2.24) is 24.8 Å². The van der Waals surface area contributed by atoms with E-state index in [2.05, 4.69) is 29.3 Å². The Hall–Kier alpha value is -1.77. The van der Waals surface area contributed by atoms with E-state index < -0.39 is 0 Å². The quantitative estimate of drug-likeness (QED) is 0.832. The van der Waals surface area contributed by atoms with E-state index in [1.807, 2.05) is 16.3 Å². The van der Waals surface area contributed by atoms with Crippen molar-refractivity contribution in [3.05, 3.63) is 28.7 Å². The van der Waals surface area contributed by atoms with E-state index in [4.69, 9.17) is 4.74 Å². The number of ether oxygens (including phenoxy) is 1. The molecule has 0 spiro atoms. The van der Waals surface area contributed by atoms with Crippen molar-refractivity contribution in [2.24, 2.45) is 0 Å². The zero-order valence-corrected chi connectivity index (χ0v) is 15.4. The summed E-state index contributed by atoms with van der Waals surface area (Å²) in [5, 5.41) is 9.82. The number of hydrogen-bond acceptors (Lipinski definition) is 6. The predicted octanol–water partition coefficient (Wildman–Crippen LogP) is 1.65. The molecule has 1 aliphatic carbocycles. The molecular formula is C17H23N5O2S. The number of hydrogen-bond donors (Lipinski definition) is 0. The van der Waals surface area contributed by atoms with Gasteiger partial charge in [0, 0.05) is 12.6 Å². The summed E-state index contributed by atoms with van der Waals surface area (Å²) in [6, 6.07) is 2.62. The van der Waals surface area contributed by atoms with Gasteiger partial charge in [-0.25, -0.2) is 4.68 Å². The van der Waals surface area contributed by atoms with Crippen molar-refractivity contribution in [3.8, 4) is 5.69 Å². The number of nitrogens with zero attached hydrogens (tertiary/aromatic N) is 5. The molecule has 3 heterocycles. The normalized spacial score (nSPS) is 26.7. The molecule has 2 aliphatic rings. The van der Waals surface area contributed by atoms with Crippen LogP contribution in [0.25, 0.3) is 5.69 Å². The lowest BCUT2D eigenvalue weighted by molar-refractivity contribution is -0.0876. The Kier molecular flexibility index (Phi) is 4.58. The van der Waals surface area contributed by atoms with Crippen molar-refractivity contribution in [3.63, 3.8) is 0 Å². The van der Waals surface area contributed by atoms with E-state index in [0.29, 0.717) is 19.2 Å². The van der Waals surface area contributed by atoms with E-state index in [0.717, 1.165) is 29.8 Å². The lowest BCUT2D eigenvalue weighted by atomic mass is 9.86. The predicted molar refractivity (Wildman–Crippen MR) is 95.1 cm³/mol. The summed E-state index contributed by atoms with van der Waals surface area (Å²) >= 11 is 1.47. The van der Waals surface area contributed by atoms with Crippen LogP contribution in [0, 0.1) is 0 Å². The molecule has 2 aromatic heterocycles. The number of aromatic nitrogens is 3. The summed E-state index contributed by atoms with van der Waals surface area (Å²) < 4.78 is 7.68. The third kappa shape index (κ3) is 3.09. The van der Waals surface area contributed by atoms with Crippen LogP contribution in [0.15, 0.2) is 23.8 Å². The molecule has 8 heteroatoms. The average molecular weight is 361 g/mol. The Morgan fingerprint density at radius 1 is 1.40 bits per heavy atom. The Morgan fingerprint density at radius 2 is 2.28 bits per heavy atom. The summed E-state index contributed by atoms with van der Waals surface area (Å²) in [5.41, 5.74) is 0.803. The third-order valence-corrected chi connectivity index (χ3v) is 6.18. The van der Waals surface area contributed by atoms with Crippen LogP contribution in [0.4, 0.5) is 0 Å². The summed E-state index contributed by atoms with van der Waals surface area (Å²) in [4.78, 5) is 18.3. The van der Waals surface area contributed by atoms with E-state index in [9.17, 15) is 4.79 Å². The molecular weight excluding hydrogens is 338 g/mol. The molecule has 0 aromatic carbocycles. The van der Waals surface area contributed by atoms with E-state index >= 15 is 0 Å². The number of fused-ring (bicyclic) bond motifs is 1. The third-order valence-electron chi connectivity index (χ3n) is 5.29. The van der Waals surface area contributed by atoms with Crippen molar-refractivity contribution in [2.75, 3.05) is 27.2 Å². The van der Waals surface area contributed by atoms with Crippen LogP contribution in [-0.2, 0) is 4.74 Å². The molecule has 2 aromatic rings. The van der Waals surface area contributed by atoms with Crippen molar-refractivity contribution in [2.45, 2.75) is 37.5 Å². The van der Waals surface area contributed by atoms with Gasteiger partial charge in [-0.05, 0) is 44.8 Å². The van der Waals surface area contributed by atoms with Crippen LogP contribution < -0.4 is 0 Å². The van der Waals surface area contributed by atoms with Gasteiger partial charge in [0.15, 0.2) is 0 Å². The molecule has 1 saturated heterocycles. The minimum Gasteiger partial charge on any atom is -0.374 e. The highest BCUT2D eigenvalue weighted by atomic mass is 32.1. The molecule has 7 nitrogen and oxygen atoms in total. The summed E-state index contributed by atoms with van der Waals surface area (Å²) in [7, 11) is 4.24. The van der Waals surface area contributed by atoms with Crippen molar-refractivity contribution in [1.29, 1.82) is 0 Å². The highest BCUT2D eigenvalue weighted by molar-refractivity contribution is 7.12. The van der Waals surface area contributed by atoms with E-state index in [-0.39, 0.29) is 18.1 Å². The molecule has 1 saturated carbocycles. The number of carbonyl (C=O) groups is 1. The van der Waals surface area contributed by atoms with Crippen LogP contribution >= 0.6 is 11.3 Å². The minimum absolute atomic E-state index is 0.0853. The first-order valence-electron chi connectivity index (χ1n) is 8.68. The second kappa shape index (κ2) is 6.86. The first-order valence-corrected chi connectivity index (χ1v) is 9.56. The molecule has 134 valence electrons. The molecule has 2 fully saturated rings. The number of amides is 1. The SMILES string of the molecule is CN(C)C1CCC2C(C1)OCCN2C(=O)c1sccc1-n1ccnn1. The molecule has 3 unspecified atom stereocenters. The Labute approximate surface area is 151 Å². The highest BCUT2D eigenvalue weighted by Crippen LogP contribution is 2.33. The van der Waals surface area contributed by atoms with Gasteiger partial charge in [0.2, 0.25) is 0 Å². The average Bonchev–Trinajstić information content (AvgIpc) is 3.30. The summed E-state index contributed by atoms with van der Waals surface area (Å²) in [6.45, 7) is 1.26. The number of rotatable bonds is 3. The van der Waals surface area contributed by atoms with Crippen LogP contribution in [0.3, 0.4) is 0 Å². The number of thiophene rings is 1. The van der Waals surface area contributed by atoms with Crippen LogP contribution in [0.5, 0.6) is 0 Å². The molecule has 1 aliphatic heterocycles. The Morgan fingerprint density at radius 3 is 3.04 bits per heavy atom. The standard InChI is InChI=1S/C17H23N5O2S/c1-20(2)12-3-4-13-15(11-12)24-9-8-21(13)17(23)16-14(5-10-25-16)22-7-6-18-19-22/h5-7,10,12-13,15H,3-4,8-9,11H2,1-2H3. The van der Waals surface area contributed by atoms with Gasteiger partial charge in [-0.1, -0.05) is 5.21 Å². The van der Waals surface area contributed by atoms with Gasteiger partial charge in [0.05, 0.1) is 36.8 Å². The Balaban J connectivity index is 1.56. The topological polar surface area (TPSA) is 63.5 Å².